The molecule has 0 spiro atoms. The third kappa shape index (κ3) is 3.81. The van der Waals surface area contributed by atoms with Gasteiger partial charge in [-0.1, -0.05) is 36.4 Å². The molecule has 0 saturated heterocycles. The number of carbonyl (C=O) groups excluding carboxylic acids is 1. The summed E-state index contributed by atoms with van der Waals surface area (Å²) in [7, 11) is 1.58. The predicted octanol–water partition coefficient (Wildman–Crippen LogP) is 2.29. The maximum absolute atomic E-state index is 13.0. The molecule has 0 radical (unpaired) electrons. The van der Waals surface area contributed by atoms with Crippen molar-refractivity contribution < 1.29 is 9.53 Å². The van der Waals surface area contributed by atoms with Crippen LogP contribution in [0.15, 0.2) is 59.7 Å². The second-order valence-electron chi connectivity index (χ2n) is 6.12. The van der Waals surface area contributed by atoms with Crippen molar-refractivity contribution in [3.05, 3.63) is 81.9 Å². The molecule has 6 heteroatoms. The monoisotopic (exact) mass is 351 g/mol. The molecule has 1 amide bonds. The molecule has 0 aliphatic rings. The Morgan fingerprint density at radius 3 is 2.69 bits per heavy atom. The van der Waals surface area contributed by atoms with Crippen molar-refractivity contribution in [3.8, 4) is 0 Å². The van der Waals surface area contributed by atoms with Crippen LogP contribution in [0.25, 0.3) is 5.65 Å². The van der Waals surface area contributed by atoms with Crippen molar-refractivity contribution in [1.82, 2.24) is 14.3 Å². The third-order valence-electron chi connectivity index (χ3n) is 4.15. The van der Waals surface area contributed by atoms with Gasteiger partial charge in [-0.3, -0.25) is 14.0 Å². The smallest absolute Gasteiger partial charge is 0.270 e. The average Bonchev–Trinajstić information content (AvgIpc) is 2.66. The topological polar surface area (TPSA) is 63.9 Å². The number of aromatic nitrogens is 2. The van der Waals surface area contributed by atoms with E-state index in [-0.39, 0.29) is 17.0 Å². The Balaban J connectivity index is 1.96. The van der Waals surface area contributed by atoms with Crippen molar-refractivity contribution in [2.75, 3.05) is 20.3 Å². The molecule has 0 aliphatic carbocycles. The Morgan fingerprint density at radius 1 is 1.19 bits per heavy atom. The van der Waals surface area contributed by atoms with E-state index < -0.39 is 0 Å². The number of methoxy groups -OCH3 is 1. The van der Waals surface area contributed by atoms with Crippen LogP contribution in [0.3, 0.4) is 0 Å². The number of amides is 1. The minimum atomic E-state index is -0.362. The van der Waals surface area contributed by atoms with Gasteiger partial charge in [0.15, 0.2) is 0 Å². The van der Waals surface area contributed by atoms with Crippen LogP contribution in [0.1, 0.15) is 21.5 Å². The van der Waals surface area contributed by atoms with E-state index in [1.54, 1.807) is 24.3 Å². The van der Waals surface area contributed by atoms with E-state index in [2.05, 4.69) is 4.98 Å². The highest BCUT2D eigenvalue weighted by atomic mass is 16.5. The van der Waals surface area contributed by atoms with Crippen molar-refractivity contribution in [2.45, 2.75) is 13.5 Å². The minimum absolute atomic E-state index is 0.0557. The Morgan fingerprint density at radius 2 is 1.96 bits per heavy atom. The molecule has 6 nitrogen and oxygen atoms in total. The summed E-state index contributed by atoms with van der Waals surface area (Å²) < 4.78 is 6.54. The van der Waals surface area contributed by atoms with Gasteiger partial charge in [-0.2, -0.15) is 0 Å². The first-order valence-electron chi connectivity index (χ1n) is 8.40. The maximum atomic E-state index is 13.0. The number of hydrogen-bond acceptors (Lipinski definition) is 4. The van der Waals surface area contributed by atoms with Crippen LogP contribution < -0.4 is 5.56 Å². The Hall–Kier alpha value is -2.99. The van der Waals surface area contributed by atoms with Gasteiger partial charge in [0.05, 0.1) is 6.61 Å². The summed E-state index contributed by atoms with van der Waals surface area (Å²) in [5.41, 5.74) is 2.12. The van der Waals surface area contributed by atoms with Crippen LogP contribution >= 0.6 is 0 Å². The summed E-state index contributed by atoms with van der Waals surface area (Å²) in [5, 5.41) is 0. The number of carbonyl (C=O) groups is 1. The Labute approximate surface area is 151 Å². The van der Waals surface area contributed by atoms with Gasteiger partial charge in [0, 0.05) is 32.6 Å². The molecule has 134 valence electrons. The highest BCUT2D eigenvalue weighted by Gasteiger charge is 2.20. The van der Waals surface area contributed by atoms with Gasteiger partial charge in [0.1, 0.15) is 11.2 Å². The van der Waals surface area contributed by atoms with E-state index in [4.69, 9.17) is 4.74 Å². The highest BCUT2D eigenvalue weighted by molar-refractivity contribution is 5.93. The SMILES string of the molecule is COCCN(Cc1ccccc1)C(=O)c1cnc2ccc(C)cn2c1=O. The molecule has 2 aromatic heterocycles. The van der Waals surface area contributed by atoms with Crippen molar-refractivity contribution >= 4 is 11.6 Å². The molecule has 0 atom stereocenters. The summed E-state index contributed by atoms with van der Waals surface area (Å²) in [6, 6.07) is 13.3. The average molecular weight is 351 g/mol. The predicted molar refractivity (Wildman–Crippen MR) is 99.3 cm³/mol. The summed E-state index contributed by atoms with van der Waals surface area (Å²) in [6.45, 7) is 3.07. The van der Waals surface area contributed by atoms with Crippen molar-refractivity contribution in [1.29, 1.82) is 0 Å². The third-order valence-corrected chi connectivity index (χ3v) is 4.15. The van der Waals surface area contributed by atoms with Crippen LogP contribution in [0.2, 0.25) is 0 Å². The van der Waals surface area contributed by atoms with Gasteiger partial charge in [-0.15, -0.1) is 0 Å². The Bertz CT molecular complexity index is 967. The van der Waals surface area contributed by atoms with Gasteiger partial charge in [-0.05, 0) is 24.1 Å². The van der Waals surface area contributed by atoms with Crippen LogP contribution in [0.4, 0.5) is 0 Å². The lowest BCUT2D eigenvalue weighted by molar-refractivity contribution is 0.0678. The van der Waals surface area contributed by atoms with Gasteiger partial charge >= 0.3 is 0 Å². The summed E-state index contributed by atoms with van der Waals surface area (Å²) in [5.74, 6) is -0.348. The lowest BCUT2D eigenvalue weighted by Crippen LogP contribution is -2.37. The number of benzene rings is 1. The molecular formula is C20H21N3O3. The number of hydrogen-bond donors (Lipinski definition) is 0. The molecule has 2 heterocycles. The van der Waals surface area contributed by atoms with Crippen LogP contribution in [0, 0.1) is 6.92 Å². The molecule has 0 fully saturated rings. The number of rotatable bonds is 6. The molecule has 1 aromatic carbocycles. The molecule has 3 rings (SSSR count). The number of fused-ring (bicyclic) bond motifs is 1. The van der Waals surface area contributed by atoms with E-state index in [1.165, 1.54) is 10.6 Å². The zero-order valence-electron chi connectivity index (χ0n) is 14.9. The zero-order valence-corrected chi connectivity index (χ0v) is 14.9. The number of nitrogens with zero attached hydrogens (tertiary/aromatic N) is 3. The fourth-order valence-electron chi connectivity index (χ4n) is 2.76. The number of pyridine rings is 1. The van der Waals surface area contributed by atoms with Crippen molar-refractivity contribution in [3.63, 3.8) is 0 Å². The molecule has 0 unspecified atom stereocenters. The molecule has 26 heavy (non-hydrogen) atoms. The molecule has 0 bridgehead atoms. The first kappa shape index (κ1) is 17.8. The van der Waals surface area contributed by atoms with E-state index in [0.29, 0.717) is 25.3 Å². The fourth-order valence-corrected chi connectivity index (χ4v) is 2.76. The molecule has 0 saturated carbocycles. The maximum Gasteiger partial charge on any atom is 0.270 e. The van der Waals surface area contributed by atoms with Gasteiger partial charge in [0.25, 0.3) is 11.5 Å². The second-order valence-corrected chi connectivity index (χ2v) is 6.12. The van der Waals surface area contributed by atoms with Crippen molar-refractivity contribution in [2.24, 2.45) is 0 Å². The van der Waals surface area contributed by atoms with E-state index in [0.717, 1.165) is 11.1 Å². The quantitative estimate of drug-likeness (QED) is 0.684. The Kier molecular flexibility index (Phi) is 5.43. The molecular weight excluding hydrogens is 330 g/mol. The molecule has 0 aliphatic heterocycles. The van der Waals surface area contributed by atoms with E-state index >= 15 is 0 Å². The minimum Gasteiger partial charge on any atom is -0.383 e. The summed E-state index contributed by atoms with van der Waals surface area (Å²) in [4.78, 5) is 31.7. The van der Waals surface area contributed by atoms with Crippen LogP contribution in [-0.4, -0.2) is 40.5 Å². The van der Waals surface area contributed by atoms with Gasteiger partial charge in [0.2, 0.25) is 0 Å². The summed E-state index contributed by atoms with van der Waals surface area (Å²) in [6.07, 6.45) is 3.05. The molecule has 3 aromatic rings. The van der Waals surface area contributed by atoms with Gasteiger partial charge < -0.3 is 9.64 Å². The largest absolute Gasteiger partial charge is 0.383 e. The zero-order chi connectivity index (χ0) is 18.5. The number of ether oxygens (including phenoxy) is 1. The summed E-state index contributed by atoms with van der Waals surface area (Å²) >= 11 is 0. The van der Waals surface area contributed by atoms with E-state index in [9.17, 15) is 9.59 Å². The van der Waals surface area contributed by atoms with Gasteiger partial charge in [-0.25, -0.2) is 4.98 Å². The first-order chi connectivity index (χ1) is 12.6. The first-order valence-corrected chi connectivity index (χ1v) is 8.40. The normalized spacial score (nSPS) is 10.8. The lowest BCUT2D eigenvalue weighted by atomic mass is 10.2. The fraction of sp³-hybridized carbons (Fsp3) is 0.250. The molecule has 0 N–H and O–H groups in total. The standard InChI is InChI=1S/C20H21N3O3/c1-15-8-9-18-21-12-17(20(25)23(18)13-15)19(24)22(10-11-26-2)14-16-6-4-3-5-7-16/h3-9,12-13H,10-11,14H2,1-2H3. The second kappa shape index (κ2) is 7.93. The highest BCUT2D eigenvalue weighted by Crippen LogP contribution is 2.09. The number of aryl methyl sites for hydroxylation is 1. The van der Waals surface area contributed by atoms with Crippen LogP contribution in [0.5, 0.6) is 0 Å². The van der Waals surface area contributed by atoms with E-state index in [1.807, 2.05) is 43.3 Å². The lowest BCUT2D eigenvalue weighted by Gasteiger charge is -2.22. The van der Waals surface area contributed by atoms with Crippen LogP contribution in [-0.2, 0) is 11.3 Å².